The number of rotatable bonds is 6. The molecular formula is C21H23N5OS. The second-order valence-corrected chi connectivity index (χ2v) is 8.21. The molecule has 0 radical (unpaired) electrons. The summed E-state index contributed by atoms with van der Waals surface area (Å²) < 4.78 is 2.09. The SMILES string of the molecule is C[C@H](Sc1nnc(-c2ccncc2)n1Cc1ccccc1)C(=O)N1CCCC1. The molecule has 0 saturated carbocycles. The van der Waals surface area contributed by atoms with Gasteiger partial charge in [0.25, 0.3) is 0 Å². The third-order valence-electron chi connectivity index (χ3n) is 4.89. The Kier molecular flexibility index (Phi) is 5.71. The van der Waals surface area contributed by atoms with Crippen molar-refractivity contribution >= 4 is 17.7 Å². The van der Waals surface area contributed by atoms with Crippen molar-refractivity contribution in [3.63, 3.8) is 0 Å². The molecule has 1 saturated heterocycles. The number of thioether (sulfide) groups is 1. The van der Waals surface area contributed by atoms with Crippen molar-refractivity contribution in [2.75, 3.05) is 13.1 Å². The van der Waals surface area contributed by atoms with Crippen molar-refractivity contribution in [1.29, 1.82) is 0 Å². The second-order valence-electron chi connectivity index (χ2n) is 6.91. The van der Waals surface area contributed by atoms with E-state index in [-0.39, 0.29) is 11.2 Å². The van der Waals surface area contributed by atoms with Crippen LogP contribution in [0.4, 0.5) is 0 Å². The summed E-state index contributed by atoms with van der Waals surface area (Å²) in [6.45, 7) is 4.34. The molecule has 1 fully saturated rings. The molecular weight excluding hydrogens is 370 g/mol. The van der Waals surface area contributed by atoms with Gasteiger partial charge in [0.05, 0.1) is 11.8 Å². The first kappa shape index (κ1) is 18.7. The second kappa shape index (κ2) is 8.56. The minimum absolute atomic E-state index is 0.183. The minimum atomic E-state index is -0.192. The van der Waals surface area contributed by atoms with Gasteiger partial charge in [0.15, 0.2) is 11.0 Å². The van der Waals surface area contributed by atoms with Crippen molar-refractivity contribution < 1.29 is 4.79 Å². The van der Waals surface area contributed by atoms with Gasteiger partial charge in [-0.15, -0.1) is 10.2 Å². The molecule has 2 aromatic heterocycles. The van der Waals surface area contributed by atoms with Gasteiger partial charge in [0.1, 0.15) is 0 Å². The number of carbonyl (C=O) groups is 1. The highest BCUT2D eigenvalue weighted by molar-refractivity contribution is 8.00. The van der Waals surface area contributed by atoms with Crippen LogP contribution in [-0.4, -0.2) is 48.9 Å². The molecule has 144 valence electrons. The summed E-state index contributed by atoms with van der Waals surface area (Å²) in [5.74, 6) is 0.969. The number of pyridine rings is 1. The molecule has 0 unspecified atom stereocenters. The summed E-state index contributed by atoms with van der Waals surface area (Å²) in [7, 11) is 0. The zero-order valence-corrected chi connectivity index (χ0v) is 16.7. The Balaban J connectivity index is 1.62. The van der Waals surface area contributed by atoms with E-state index in [1.807, 2.05) is 42.2 Å². The van der Waals surface area contributed by atoms with Gasteiger partial charge < -0.3 is 4.90 Å². The van der Waals surface area contributed by atoms with Crippen LogP contribution in [0.3, 0.4) is 0 Å². The van der Waals surface area contributed by atoms with Crippen LogP contribution in [0.5, 0.6) is 0 Å². The summed E-state index contributed by atoms with van der Waals surface area (Å²) in [5, 5.41) is 9.42. The molecule has 0 N–H and O–H groups in total. The van der Waals surface area contributed by atoms with Gasteiger partial charge >= 0.3 is 0 Å². The molecule has 1 aromatic carbocycles. The molecule has 7 heteroatoms. The molecule has 3 aromatic rings. The van der Waals surface area contributed by atoms with Gasteiger partial charge in [-0.05, 0) is 37.5 Å². The molecule has 0 aliphatic carbocycles. The van der Waals surface area contributed by atoms with E-state index in [1.165, 1.54) is 11.8 Å². The van der Waals surface area contributed by atoms with Gasteiger partial charge in [-0.1, -0.05) is 42.1 Å². The van der Waals surface area contributed by atoms with E-state index >= 15 is 0 Å². The fourth-order valence-corrected chi connectivity index (χ4v) is 4.33. The topological polar surface area (TPSA) is 63.9 Å². The smallest absolute Gasteiger partial charge is 0.235 e. The quantitative estimate of drug-likeness (QED) is 0.600. The molecule has 6 nitrogen and oxygen atoms in total. The van der Waals surface area contributed by atoms with Gasteiger partial charge in [-0.2, -0.15) is 0 Å². The minimum Gasteiger partial charge on any atom is -0.342 e. The fraction of sp³-hybridized carbons (Fsp3) is 0.333. The molecule has 1 aliphatic rings. The zero-order valence-electron chi connectivity index (χ0n) is 15.9. The lowest BCUT2D eigenvalue weighted by Crippen LogP contribution is -2.34. The van der Waals surface area contributed by atoms with E-state index < -0.39 is 0 Å². The highest BCUT2D eigenvalue weighted by Gasteiger charge is 2.26. The largest absolute Gasteiger partial charge is 0.342 e. The van der Waals surface area contributed by atoms with Crippen LogP contribution in [0, 0.1) is 0 Å². The number of aromatic nitrogens is 4. The predicted molar refractivity (Wildman–Crippen MR) is 110 cm³/mol. The fourth-order valence-electron chi connectivity index (χ4n) is 3.40. The van der Waals surface area contributed by atoms with Crippen molar-refractivity contribution in [2.24, 2.45) is 0 Å². The standard InChI is InChI=1S/C21H23N5OS/c1-16(20(27)25-13-5-6-14-25)28-21-24-23-19(18-9-11-22-12-10-18)26(21)15-17-7-3-2-4-8-17/h2-4,7-12,16H,5-6,13-15H2,1H3/t16-/m0/s1. The number of hydrogen-bond acceptors (Lipinski definition) is 5. The highest BCUT2D eigenvalue weighted by atomic mass is 32.2. The molecule has 0 bridgehead atoms. The lowest BCUT2D eigenvalue weighted by atomic mass is 10.2. The van der Waals surface area contributed by atoms with Gasteiger partial charge in [0.2, 0.25) is 5.91 Å². The number of amides is 1. The Morgan fingerprint density at radius 3 is 2.50 bits per heavy atom. The number of nitrogens with zero attached hydrogens (tertiary/aromatic N) is 5. The van der Waals surface area contributed by atoms with Crippen molar-refractivity contribution in [1.82, 2.24) is 24.6 Å². The van der Waals surface area contributed by atoms with Gasteiger partial charge in [-0.3, -0.25) is 14.3 Å². The Bertz CT molecular complexity index is 922. The van der Waals surface area contributed by atoms with Crippen molar-refractivity contribution in [2.45, 2.75) is 36.7 Å². The third kappa shape index (κ3) is 4.09. The van der Waals surface area contributed by atoms with Crippen LogP contribution in [-0.2, 0) is 11.3 Å². The van der Waals surface area contributed by atoms with Crippen molar-refractivity contribution in [3.8, 4) is 11.4 Å². The van der Waals surface area contributed by atoms with Gasteiger partial charge in [0, 0.05) is 31.0 Å². The zero-order chi connectivity index (χ0) is 19.3. The van der Waals surface area contributed by atoms with E-state index in [0.717, 1.165) is 48.0 Å². The number of benzene rings is 1. The maximum absolute atomic E-state index is 12.7. The van der Waals surface area contributed by atoms with Crippen LogP contribution in [0.15, 0.2) is 60.0 Å². The first-order valence-electron chi connectivity index (χ1n) is 9.55. The van der Waals surface area contributed by atoms with Crippen LogP contribution in [0.25, 0.3) is 11.4 Å². The van der Waals surface area contributed by atoms with E-state index in [2.05, 4.69) is 31.9 Å². The molecule has 1 aliphatic heterocycles. The molecule has 28 heavy (non-hydrogen) atoms. The van der Waals surface area contributed by atoms with Crippen LogP contribution < -0.4 is 0 Å². The van der Waals surface area contributed by atoms with Crippen molar-refractivity contribution in [3.05, 3.63) is 60.4 Å². The summed E-state index contributed by atoms with van der Waals surface area (Å²) in [4.78, 5) is 18.8. The molecule has 3 heterocycles. The molecule has 4 rings (SSSR count). The summed E-state index contributed by atoms with van der Waals surface area (Å²) in [5.41, 5.74) is 2.13. The third-order valence-corrected chi connectivity index (χ3v) is 5.95. The molecule has 1 amide bonds. The van der Waals surface area contributed by atoms with Crippen LogP contribution in [0.1, 0.15) is 25.3 Å². The first-order valence-corrected chi connectivity index (χ1v) is 10.4. The Morgan fingerprint density at radius 2 is 1.79 bits per heavy atom. The van der Waals surface area contributed by atoms with E-state index in [4.69, 9.17) is 0 Å². The average Bonchev–Trinajstić information content (AvgIpc) is 3.40. The van der Waals surface area contributed by atoms with Crippen LogP contribution >= 0.6 is 11.8 Å². The molecule has 1 atom stereocenters. The predicted octanol–water partition coefficient (Wildman–Crippen LogP) is 3.49. The Hall–Kier alpha value is -2.67. The Labute approximate surface area is 169 Å². The van der Waals surface area contributed by atoms with Crippen LogP contribution in [0.2, 0.25) is 0 Å². The molecule has 0 spiro atoms. The summed E-state index contributed by atoms with van der Waals surface area (Å²) >= 11 is 1.48. The lowest BCUT2D eigenvalue weighted by Gasteiger charge is -2.20. The lowest BCUT2D eigenvalue weighted by molar-refractivity contribution is -0.129. The summed E-state index contributed by atoms with van der Waals surface area (Å²) in [6, 6.07) is 14.1. The van der Waals surface area contributed by atoms with E-state index in [0.29, 0.717) is 6.54 Å². The Morgan fingerprint density at radius 1 is 1.07 bits per heavy atom. The van der Waals surface area contributed by atoms with Gasteiger partial charge in [-0.25, -0.2) is 0 Å². The maximum atomic E-state index is 12.7. The maximum Gasteiger partial charge on any atom is 0.235 e. The highest BCUT2D eigenvalue weighted by Crippen LogP contribution is 2.29. The van der Waals surface area contributed by atoms with E-state index in [1.54, 1.807) is 12.4 Å². The monoisotopic (exact) mass is 393 g/mol. The normalized spacial score (nSPS) is 15.0. The van der Waals surface area contributed by atoms with E-state index in [9.17, 15) is 4.79 Å². The average molecular weight is 394 g/mol. The number of hydrogen-bond donors (Lipinski definition) is 0. The number of carbonyl (C=O) groups excluding carboxylic acids is 1. The summed E-state index contributed by atoms with van der Waals surface area (Å²) in [6.07, 6.45) is 5.70. The number of likely N-dealkylation sites (tertiary alicyclic amines) is 1. The first-order chi connectivity index (χ1) is 13.7.